The molecule has 0 aliphatic heterocycles. The lowest BCUT2D eigenvalue weighted by molar-refractivity contribution is -0.383. The van der Waals surface area contributed by atoms with Crippen molar-refractivity contribution in [1.29, 1.82) is 0 Å². The molecule has 0 atom stereocenters. The minimum Gasteiger partial charge on any atom is -0.494 e. The van der Waals surface area contributed by atoms with Crippen molar-refractivity contribution in [2.24, 2.45) is 0 Å². The third-order valence-electron chi connectivity index (χ3n) is 3.41. The number of nitrogens with zero attached hydrogens (tertiary/aromatic N) is 4. The van der Waals surface area contributed by atoms with Crippen LogP contribution in [0.4, 0.5) is 28.8 Å². The summed E-state index contributed by atoms with van der Waals surface area (Å²) in [7, 11) is 0. The lowest BCUT2D eigenvalue weighted by Crippen LogP contribution is -2.06. The number of anilines is 4. The Hall–Kier alpha value is -3.27. The van der Waals surface area contributed by atoms with Gasteiger partial charge in [0.05, 0.1) is 11.5 Å². The van der Waals surface area contributed by atoms with Crippen molar-refractivity contribution in [3.63, 3.8) is 0 Å². The first kappa shape index (κ1) is 18.5. The highest BCUT2D eigenvalue weighted by atomic mass is 79.9. The van der Waals surface area contributed by atoms with E-state index in [-0.39, 0.29) is 17.3 Å². The summed E-state index contributed by atoms with van der Waals surface area (Å²) in [6.45, 7) is 2.45. The van der Waals surface area contributed by atoms with Gasteiger partial charge in [0.1, 0.15) is 17.9 Å². The number of ether oxygens (including phenoxy) is 1. The van der Waals surface area contributed by atoms with E-state index in [9.17, 15) is 10.1 Å². The molecule has 0 aliphatic carbocycles. The van der Waals surface area contributed by atoms with Gasteiger partial charge in [-0.05, 0) is 59.3 Å². The molecule has 0 radical (unpaired) electrons. The van der Waals surface area contributed by atoms with Crippen molar-refractivity contribution < 1.29 is 9.66 Å². The zero-order chi connectivity index (χ0) is 19.2. The highest BCUT2D eigenvalue weighted by Gasteiger charge is 2.23. The summed E-state index contributed by atoms with van der Waals surface area (Å²) < 4.78 is 6.18. The van der Waals surface area contributed by atoms with Gasteiger partial charge >= 0.3 is 5.69 Å². The zero-order valence-electron chi connectivity index (χ0n) is 14.2. The number of aromatic nitrogens is 3. The Bertz CT molecular complexity index is 934. The van der Waals surface area contributed by atoms with Crippen molar-refractivity contribution in [3.05, 3.63) is 63.5 Å². The maximum atomic E-state index is 11.6. The molecule has 2 heterocycles. The molecule has 138 valence electrons. The van der Waals surface area contributed by atoms with Crippen LogP contribution in [0, 0.1) is 10.1 Å². The summed E-state index contributed by atoms with van der Waals surface area (Å²) in [5.41, 5.74) is 0.351. The van der Waals surface area contributed by atoms with Crippen molar-refractivity contribution >= 4 is 44.8 Å². The summed E-state index contributed by atoms with van der Waals surface area (Å²) in [5, 5.41) is 17.4. The third-order valence-corrected chi connectivity index (χ3v) is 3.88. The van der Waals surface area contributed by atoms with Crippen LogP contribution in [0.25, 0.3) is 0 Å². The van der Waals surface area contributed by atoms with Crippen LogP contribution in [0.2, 0.25) is 0 Å². The van der Waals surface area contributed by atoms with Gasteiger partial charge in [-0.3, -0.25) is 10.1 Å². The second kappa shape index (κ2) is 8.41. The van der Waals surface area contributed by atoms with Crippen LogP contribution in [-0.2, 0) is 0 Å². The van der Waals surface area contributed by atoms with E-state index in [0.717, 1.165) is 4.47 Å². The number of nitrogens with one attached hydrogen (secondary N) is 2. The first-order valence-corrected chi connectivity index (χ1v) is 8.74. The Morgan fingerprint density at radius 1 is 1.07 bits per heavy atom. The van der Waals surface area contributed by atoms with Crippen LogP contribution in [0.15, 0.2) is 53.4 Å². The highest BCUT2D eigenvalue weighted by Crippen LogP contribution is 2.33. The van der Waals surface area contributed by atoms with Crippen LogP contribution >= 0.6 is 15.9 Å². The average Bonchev–Trinajstić information content (AvgIpc) is 2.65. The molecule has 0 saturated carbocycles. The van der Waals surface area contributed by atoms with E-state index in [2.05, 4.69) is 41.5 Å². The van der Waals surface area contributed by atoms with Gasteiger partial charge in [0.15, 0.2) is 0 Å². The van der Waals surface area contributed by atoms with Gasteiger partial charge < -0.3 is 15.4 Å². The van der Waals surface area contributed by atoms with Crippen molar-refractivity contribution in [2.75, 3.05) is 17.2 Å². The largest absolute Gasteiger partial charge is 0.494 e. The summed E-state index contributed by atoms with van der Waals surface area (Å²) in [6, 6.07) is 10.5. The van der Waals surface area contributed by atoms with E-state index < -0.39 is 4.92 Å². The number of benzene rings is 1. The summed E-state index contributed by atoms with van der Waals surface area (Å²) in [6.07, 6.45) is 2.82. The van der Waals surface area contributed by atoms with Crippen LogP contribution in [-0.4, -0.2) is 26.5 Å². The predicted octanol–water partition coefficient (Wildman–Crippen LogP) is 4.43. The maximum Gasteiger partial charge on any atom is 0.353 e. The Labute approximate surface area is 163 Å². The highest BCUT2D eigenvalue weighted by molar-refractivity contribution is 9.10. The average molecular weight is 431 g/mol. The molecule has 0 spiro atoms. The van der Waals surface area contributed by atoms with Crippen molar-refractivity contribution in [2.45, 2.75) is 6.92 Å². The zero-order valence-corrected chi connectivity index (χ0v) is 15.8. The molecular weight excluding hydrogens is 416 g/mol. The SMILES string of the molecule is CCOc1ccc(Nc2ncnc(Nc3ccc(Br)cn3)c2[N+](=O)[O-])cc1. The van der Waals surface area contributed by atoms with Gasteiger partial charge in [-0.15, -0.1) is 0 Å². The number of pyridine rings is 1. The van der Waals surface area contributed by atoms with E-state index in [4.69, 9.17) is 4.74 Å². The number of hydrogen-bond acceptors (Lipinski definition) is 8. The quantitative estimate of drug-likeness (QED) is 0.417. The van der Waals surface area contributed by atoms with Crippen LogP contribution in [0.3, 0.4) is 0 Å². The van der Waals surface area contributed by atoms with Gasteiger partial charge in [0.2, 0.25) is 11.6 Å². The van der Waals surface area contributed by atoms with E-state index in [1.165, 1.54) is 6.33 Å². The fraction of sp³-hybridized carbons (Fsp3) is 0.118. The molecule has 3 rings (SSSR count). The smallest absolute Gasteiger partial charge is 0.353 e. The Morgan fingerprint density at radius 3 is 2.37 bits per heavy atom. The maximum absolute atomic E-state index is 11.6. The molecule has 10 heteroatoms. The summed E-state index contributed by atoms with van der Waals surface area (Å²) in [4.78, 5) is 23.2. The standard InChI is InChI=1S/C17H15BrN6O3/c1-2-27-13-6-4-12(5-7-13)22-16-15(24(25)26)17(21-10-20-16)23-14-8-3-11(18)9-19-14/h3-10H,2H2,1H3,(H2,19,20,21,22,23). The fourth-order valence-corrected chi connectivity index (χ4v) is 2.48. The Kier molecular flexibility index (Phi) is 5.77. The lowest BCUT2D eigenvalue weighted by atomic mass is 10.3. The molecule has 0 aliphatic rings. The molecule has 1 aromatic carbocycles. The normalized spacial score (nSPS) is 10.3. The molecule has 0 amide bonds. The van der Waals surface area contributed by atoms with Crippen LogP contribution in [0.5, 0.6) is 5.75 Å². The second-order valence-corrected chi connectivity index (χ2v) is 6.16. The van der Waals surface area contributed by atoms with Crippen molar-refractivity contribution in [1.82, 2.24) is 15.0 Å². The molecule has 0 unspecified atom stereocenters. The topological polar surface area (TPSA) is 115 Å². The van der Waals surface area contributed by atoms with Crippen LogP contribution in [0.1, 0.15) is 6.92 Å². The van der Waals surface area contributed by atoms with Crippen molar-refractivity contribution in [3.8, 4) is 5.75 Å². The number of rotatable bonds is 7. The van der Waals surface area contributed by atoms with E-state index in [0.29, 0.717) is 23.9 Å². The molecule has 0 bridgehead atoms. The fourth-order valence-electron chi connectivity index (χ4n) is 2.24. The Balaban J connectivity index is 1.88. The molecule has 3 aromatic rings. The summed E-state index contributed by atoms with van der Waals surface area (Å²) >= 11 is 3.29. The molecular formula is C17H15BrN6O3. The van der Waals surface area contributed by atoms with Gasteiger partial charge in [0.25, 0.3) is 0 Å². The predicted molar refractivity (Wildman–Crippen MR) is 105 cm³/mol. The summed E-state index contributed by atoms with van der Waals surface area (Å²) in [5.74, 6) is 1.24. The molecule has 0 saturated heterocycles. The minimum atomic E-state index is -0.544. The van der Waals surface area contributed by atoms with Gasteiger partial charge in [-0.1, -0.05) is 0 Å². The first-order chi connectivity index (χ1) is 13.1. The molecule has 2 N–H and O–H groups in total. The molecule has 2 aromatic heterocycles. The van der Waals surface area contributed by atoms with Crippen LogP contribution < -0.4 is 15.4 Å². The minimum absolute atomic E-state index is 0.0401. The van der Waals surface area contributed by atoms with Gasteiger partial charge in [-0.25, -0.2) is 15.0 Å². The Morgan fingerprint density at radius 2 is 1.78 bits per heavy atom. The molecule has 27 heavy (non-hydrogen) atoms. The van der Waals surface area contributed by atoms with Gasteiger partial charge in [-0.2, -0.15) is 0 Å². The second-order valence-electron chi connectivity index (χ2n) is 5.25. The van der Waals surface area contributed by atoms with Gasteiger partial charge in [0, 0.05) is 16.4 Å². The molecule has 0 fully saturated rings. The van der Waals surface area contributed by atoms with E-state index >= 15 is 0 Å². The molecule has 9 nitrogen and oxygen atoms in total. The number of nitro groups is 1. The number of hydrogen-bond donors (Lipinski definition) is 2. The lowest BCUT2D eigenvalue weighted by Gasteiger charge is -2.10. The first-order valence-electron chi connectivity index (χ1n) is 7.94. The number of halogens is 1. The van der Waals surface area contributed by atoms with E-state index in [1.54, 1.807) is 42.6 Å². The van der Waals surface area contributed by atoms with E-state index in [1.807, 2.05) is 6.92 Å². The monoisotopic (exact) mass is 430 g/mol. The third kappa shape index (κ3) is 4.67.